The van der Waals surface area contributed by atoms with Crippen molar-refractivity contribution in [2.45, 2.75) is 46.6 Å². The van der Waals surface area contributed by atoms with E-state index in [0.29, 0.717) is 28.5 Å². The van der Waals surface area contributed by atoms with Gasteiger partial charge in [-0.3, -0.25) is 4.79 Å². The van der Waals surface area contributed by atoms with Crippen molar-refractivity contribution in [3.8, 4) is 0 Å². The smallest absolute Gasteiger partial charge is 0.340 e. The van der Waals surface area contributed by atoms with Gasteiger partial charge in [0, 0.05) is 18.5 Å². The van der Waals surface area contributed by atoms with Gasteiger partial charge in [-0.1, -0.05) is 0 Å². The Labute approximate surface area is 174 Å². The van der Waals surface area contributed by atoms with Gasteiger partial charge in [0.15, 0.2) is 9.84 Å². The van der Waals surface area contributed by atoms with E-state index >= 15 is 0 Å². The van der Waals surface area contributed by atoms with Gasteiger partial charge in [-0.25, -0.2) is 13.2 Å². The number of hydrogen-bond acceptors (Lipinski definition) is 6. The lowest BCUT2D eigenvalue weighted by Gasteiger charge is -2.23. The number of hydrogen-bond donors (Lipinski definition) is 0. The van der Waals surface area contributed by atoms with Crippen LogP contribution in [0, 0.1) is 27.7 Å². The van der Waals surface area contributed by atoms with Gasteiger partial charge < -0.3 is 13.7 Å². The van der Waals surface area contributed by atoms with Crippen LogP contribution in [0.5, 0.6) is 0 Å². The molecule has 1 atom stereocenters. The Kier molecular flexibility index (Phi) is 4.80. The van der Waals surface area contributed by atoms with Crippen molar-refractivity contribution in [2.24, 2.45) is 0 Å². The first-order valence-electron chi connectivity index (χ1n) is 9.92. The van der Waals surface area contributed by atoms with Gasteiger partial charge in [-0.05, 0) is 56.9 Å². The average molecular weight is 432 g/mol. The largest absolute Gasteiger partial charge is 0.460 e. The second-order valence-corrected chi connectivity index (χ2v) is 10.5. The first-order chi connectivity index (χ1) is 14.0. The molecule has 1 saturated heterocycles. The minimum atomic E-state index is -3.11. The Morgan fingerprint density at radius 1 is 1.13 bits per heavy atom. The number of furan rings is 1. The Morgan fingerprint density at radius 3 is 2.47 bits per heavy atom. The summed E-state index contributed by atoms with van der Waals surface area (Å²) in [5.74, 6) is 0.542. The molecule has 1 fully saturated rings. The minimum absolute atomic E-state index is 0.0363. The number of likely N-dealkylation sites (N-methyl/N-ethyl adjacent to an activating group) is 1. The Balaban J connectivity index is 1.79. The van der Waals surface area contributed by atoms with Crippen LogP contribution in [0.4, 0.5) is 0 Å². The third-order valence-electron chi connectivity index (χ3n) is 6.35. The van der Waals surface area contributed by atoms with Crippen LogP contribution in [-0.2, 0) is 21.1 Å². The molecule has 4 rings (SSSR count). The molecule has 1 aliphatic rings. The number of benzene rings is 1. The second-order valence-electron chi connectivity index (χ2n) is 8.29. The molecule has 0 bridgehead atoms. The monoisotopic (exact) mass is 431 g/mol. The number of carbonyl (C=O) groups excluding carboxylic acids is 1. The standard InChI is InChI=1S/C22H25NO6S/c1-11-8-17-20(21-19(11)12(2)14(4)28-21)13(3)16(22(25)29-17)9-18(24)23(5)15-6-7-30(26,27)10-15/h8,15H,6-7,9-10H2,1-5H3/t15-/m1/s1. The lowest BCUT2D eigenvalue weighted by molar-refractivity contribution is -0.130. The fourth-order valence-electron chi connectivity index (χ4n) is 4.40. The summed E-state index contributed by atoms with van der Waals surface area (Å²) < 4.78 is 35.1. The number of fused-ring (bicyclic) bond motifs is 3. The summed E-state index contributed by atoms with van der Waals surface area (Å²) in [5, 5.41) is 1.68. The van der Waals surface area contributed by atoms with Gasteiger partial charge in [0.1, 0.15) is 16.9 Å². The third kappa shape index (κ3) is 3.23. The van der Waals surface area contributed by atoms with Crippen molar-refractivity contribution >= 4 is 37.7 Å². The predicted octanol–water partition coefficient (Wildman–Crippen LogP) is 2.96. The first kappa shape index (κ1) is 20.7. The maximum atomic E-state index is 12.9. The lowest BCUT2D eigenvalue weighted by atomic mass is 9.98. The van der Waals surface area contributed by atoms with Gasteiger partial charge in [0.25, 0.3) is 0 Å². The first-order valence-corrected chi connectivity index (χ1v) is 11.7. The van der Waals surface area contributed by atoms with Crippen LogP contribution in [0.25, 0.3) is 21.9 Å². The third-order valence-corrected chi connectivity index (χ3v) is 8.11. The average Bonchev–Trinajstić information content (AvgIpc) is 3.17. The molecule has 0 aliphatic carbocycles. The van der Waals surface area contributed by atoms with E-state index in [0.717, 1.165) is 22.3 Å². The van der Waals surface area contributed by atoms with Gasteiger partial charge in [0.2, 0.25) is 5.91 Å². The highest BCUT2D eigenvalue weighted by Gasteiger charge is 2.33. The Hall–Kier alpha value is -2.61. The van der Waals surface area contributed by atoms with Crippen LogP contribution in [0.1, 0.15) is 34.4 Å². The molecule has 3 heterocycles. The van der Waals surface area contributed by atoms with E-state index in [1.165, 1.54) is 4.90 Å². The summed E-state index contributed by atoms with van der Waals surface area (Å²) in [6, 6.07) is 1.47. The van der Waals surface area contributed by atoms with E-state index in [-0.39, 0.29) is 35.4 Å². The van der Waals surface area contributed by atoms with Crippen molar-refractivity contribution in [1.29, 1.82) is 0 Å². The number of amides is 1. The zero-order valence-corrected chi connectivity index (χ0v) is 18.6. The molecule has 1 amide bonds. The Morgan fingerprint density at radius 2 is 1.83 bits per heavy atom. The van der Waals surface area contributed by atoms with Crippen LogP contribution < -0.4 is 5.63 Å². The van der Waals surface area contributed by atoms with E-state index < -0.39 is 15.5 Å². The number of nitrogens with zero attached hydrogens (tertiary/aromatic N) is 1. The van der Waals surface area contributed by atoms with Gasteiger partial charge in [0.05, 0.1) is 28.9 Å². The van der Waals surface area contributed by atoms with E-state index in [1.807, 2.05) is 26.8 Å². The number of sulfone groups is 1. The summed E-state index contributed by atoms with van der Waals surface area (Å²) in [6.45, 7) is 7.62. The molecule has 1 aromatic carbocycles. The van der Waals surface area contributed by atoms with Gasteiger partial charge in [-0.2, -0.15) is 0 Å². The Bertz CT molecular complexity index is 1360. The van der Waals surface area contributed by atoms with Crippen molar-refractivity contribution in [2.75, 3.05) is 18.6 Å². The molecule has 2 aromatic heterocycles. The van der Waals surface area contributed by atoms with Gasteiger partial charge >= 0.3 is 5.63 Å². The molecule has 30 heavy (non-hydrogen) atoms. The van der Waals surface area contributed by atoms with Crippen LogP contribution in [0.3, 0.4) is 0 Å². The molecule has 8 heteroatoms. The van der Waals surface area contributed by atoms with Crippen molar-refractivity contribution in [3.63, 3.8) is 0 Å². The van der Waals surface area contributed by atoms with Crippen molar-refractivity contribution < 1.29 is 22.0 Å². The van der Waals surface area contributed by atoms with Crippen LogP contribution in [0.15, 0.2) is 19.7 Å². The molecule has 1 aliphatic heterocycles. The zero-order chi connectivity index (χ0) is 22.0. The molecular formula is C22H25NO6S. The van der Waals surface area contributed by atoms with Gasteiger partial charge in [-0.15, -0.1) is 0 Å². The summed E-state index contributed by atoms with van der Waals surface area (Å²) in [6.07, 6.45) is 0.270. The van der Waals surface area contributed by atoms with Crippen LogP contribution in [-0.4, -0.2) is 43.8 Å². The SMILES string of the molecule is Cc1oc2c(c(C)cc3oc(=O)c(CC(=O)N(C)[C@@H]4CCS(=O)(=O)C4)c(C)c32)c1C. The number of rotatable bonds is 3. The highest BCUT2D eigenvalue weighted by atomic mass is 32.2. The molecule has 0 radical (unpaired) electrons. The molecule has 0 spiro atoms. The maximum Gasteiger partial charge on any atom is 0.340 e. The summed E-state index contributed by atoms with van der Waals surface area (Å²) in [7, 11) is -1.52. The van der Waals surface area contributed by atoms with Crippen LogP contribution in [0.2, 0.25) is 0 Å². The fourth-order valence-corrected chi connectivity index (χ4v) is 6.17. The molecule has 160 valence electrons. The molecule has 3 aromatic rings. The predicted molar refractivity (Wildman–Crippen MR) is 115 cm³/mol. The van der Waals surface area contributed by atoms with Crippen molar-refractivity contribution in [1.82, 2.24) is 4.90 Å². The molecular weight excluding hydrogens is 406 g/mol. The van der Waals surface area contributed by atoms with E-state index in [1.54, 1.807) is 14.0 Å². The molecule has 7 nitrogen and oxygen atoms in total. The summed E-state index contributed by atoms with van der Waals surface area (Å²) in [5.41, 5.74) is 3.46. The molecule has 0 N–H and O–H groups in total. The lowest BCUT2D eigenvalue weighted by Crippen LogP contribution is -2.39. The normalized spacial score (nSPS) is 18.4. The topological polar surface area (TPSA) is 97.8 Å². The molecule has 0 saturated carbocycles. The van der Waals surface area contributed by atoms with Crippen LogP contribution >= 0.6 is 0 Å². The molecule has 0 unspecified atom stereocenters. The highest BCUT2D eigenvalue weighted by Crippen LogP contribution is 2.36. The summed E-state index contributed by atoms with van der Waals surface area (Å²) >= 11 is 0. The minimum Gasteiger partial charge on any atom is -0.460 e. The maximum absolute atomic E-state index is 12.9. The number of aryl methyl sites for hydroxylation is 4. The van der Waals surface area contributed by atoms with E-state index in [9.17, 15) is 18.0 Å². The highest BCUT2D eigenvalue weighted by molar-refractivity contribution is 7.91. The van der Waals surface area contributed by atoms with Crippen molar-refractivity contribution in [3.05, 3.63) is 44.5 Å². The second kappa shape index (κ2) is 6.97. The zero-order valence-electron chi connectivity index (χ0n) is 17.8. The quantitative estimate of drug-likeness (QED) is 0.592. The fraction of sp³-hybridized carbons (Fsp3) is 0.455. The van der Waals surface area contributed by atoms with E-state index in [4.69, 9.17) is 8.83 Å². The number of carbonyl (C=O) groups is 1. The summed E-state index contributed by atoms with van der Waals surface area (Å²) in [4.78, 5) is 27.0. The van der Waals surface area contributed by atoms with E-state index in [2.05, 4.69) is 0 Å².